The predicted octanol–water partition coefficient (Wildman–Crippen LogP) is 6.65. The number of hydrogen-bond acceptors (Lipinski definition) is 5. The number of rotatable bonds is 21. The van der Waals surface area contributed by atoms with E-state index >= 15 is 0 Å². The molecular weight excluding hydrogens is 442 g/mol. The van der Waals surface area contributed by atoms with Gasteiger partial charge in [0.05, 0.1) is 7.11 Å². The van der Waals surface area contributed by atoms with Crippen LogP contribution < -0.4 is 5.32 Å². The maximum atomic E-state index is 12.3. The lowest BCUT2D eigenvalue weighted by Gasteiger charge is -2.16. The van der Waals surface area contributed by atoms with Crippen LogP contribution in [0.25, 0.3) is 0 Å². The summed E-state index contributed by atoms with van der Waals surface area (Å²) in [7, 11) is 1.28. The van der Waals surface area contributed by atoms with Crippen molar-refractivity contribution in [3.8, 4) is 0 Å². The van der Waals surface area contributed by atoms with Crippen molar-refractivity contribution >= 4 is 17.8 Å². The number of carbonyl (C=O) groups is 3. The van der Waals surface area contributed by atoms with E-state index in [1.54, 1.807) is 0 Å². The lowest BCUT2D eigenvalue weighted by molar-refractivity contribution is -0.147. The minimum absolute atomic E-state index is 0.0334. The van der Waals surface area contributed by atoms with E-state index in [4.69, 9.17) is 9.47 Å². The number of ether oxygens (including phenoxy) is 2. The van der Waals surface area contributed by atoms with Gasteiger partial charge in [-0.3, -0.25) is 9.59 Å². The van der Waals surface area contributed by atoms with E-state index in [1.807, 2.05) is 30.3 Å². The molecule has 0 saturated carbocycles. The van der Waals surface area contributed by atoms with Gasteiger partial charge in [-0.15, -0.1) is 0 Å². The summed E-state index contributed by atoms with van der Waals surface area (Å²) in [6, 6.07) is 8.57. The van der Waals surface area contributed by atoms with Crippen molar-refractivity contribution in [2.45, 2.75) is 122 Å². The summed E-state index contributed by atoms with van der Waals surface area (Å²) >= 11 is 0. The zero-order chi connectivity index (χ0) is 25.6. The Labute approximate surface area is 212 Å². The first-order chi connectivity index (χ1) is 17.1. The highest BCUT2D eigenvalue weighted by Gasteiger charge is 2.22. The highest BCUT2D eigenvalue weighted by molar-refractivity contribution is 5.84. The molecule has 1 aromatic carbocycles. The quantitative estimate of drug-likeness (QED) is 0.154. The summed E-state index contributed by atoms with van der Waals surface area (Å²) in [5, 5.41) is 2.72. The Morgan fingerprint density at radius 3 is 1.86 bits per heavy atom. The summed E-state index contributed by atoms with van der Waals surface area (Å²) in [6.45, 7) is 2.44. The zero-order valence-corrected chi connectivity index (χ0v) is 22.0. The smallest absolute Gasteiger partial charge is 0.328 e. The van der Waals surface area contributed by atoms with Crippen LogP contribution in [0.3, 0.4) is 0 Å². The molecule has 0 bridgehead atoms. The molecule has 0 heterocycles. The molecule has 1 N–H and O–H groups in total. The van der Waals surface area contributed by atoms with Crippen LogP contribution >= 0.6 is 0 Å². The summed E-state index contributed by atoms with van der Waals surface area (Å²) in [5.74, 6) is -1.13. The number of amides is 1. The molecule has 1 amide bonds. The van der Waals surface area contributed by atoms with Gasteiger partial charge in [0.15, 0.2) is 0 Å². The average Bonchev–Trinajstić information content (AvgIpc) is 2.88. The molecule has 1 aromatic rings. The largest absolute Gasteiger partial charge is 0.467 e. The first-order valence-electron chi connectivity index (χ1n) is 13.6. The van der Waals surface area contributed by atoms with E-state index in [9.17, 15) is 14.4 Å². The molecular formula is C29H47NO5. The van der Waals surface area contributed by atoms with Crippen LogP contribution in [0.5, 0.6) is 0 Å². The highest BCUT2D eigenvalue weighted by atomic mass is 16.5. The fourth-order valence-electron chi connectivity index (χ4n) is 4.03. The van der Waals surface area contributed by atoms with Crippen LogP contribution in [0.2, 0.25) is 0 Å². The maximum Gasteiger partial charge on any atom is 0.328 e. The molecule has 35 heavy (non-hydrogen) atoms. The van der Waals surface area contributed by atoms with Crippen molar-refractivity contribution < 1.29 is 23.9 Å². The lowest BCUT2D eigenvalue weighted by Crippen LogP contribution is -2.41. The second-order valence-corrected chi connectivity index (χ2v) is 9.32. The van der Waals surface area contributed by atoms with E-state index in [2.05, 4.69) is 12.2 Å². The third-order valence-corrected chi connectivity index (χ3v) is 6.21. The van der Waals surface area contributed by atoms with Gasteiger partial charge in [0.25, 0.3) is 0 Å². The van der Waals surface area contributed by atoms with Crippen LogP contribution in [0, 0.1) is 0 Å². The van der Waals surface area contributed by atoms with Crippen LogP contribution in [-0.2, 0) is 30.5 Å². The van der Waals surface area contributed by atoms with Crippen LogP contribution in [-0.4, -0.2) is 31.0 Å². The highest BCUT2D eigenvalue weighted by Crippen LogP contribution is 2.13. The fourth-order valence-corrected chi connectivity index (χ4v) is 4.03. The monoisotopic (exact) mass is 489 g/mol. The Bertz CT molecular complexity index is 692. The number of esters is 2. The van der Waals surface area contributed by atoms with Gasteiger partial charge in [0.2, 0.25) is 5.91 Å². The third-order valence-electron chi connectivity index (χ3n) is 6.21. The van der Waals surface area contributed by atoms with Crippen molar-refractivity contribution in [3.05, 3.63) is 35.9 Å². The summed E-state index contributed by atoms with van der Waals surface area (Å²) in [4.78, 5) is 36.4. The van der Waals surface area contributed by atoms with Crippen LogP contribution in [0.1, 0.15) is 115 Å². The van der Waals surface area contributed by atoms with E-state index in [0.29, 0.717) is 6.42 Å². The Morgan fingerprint density at radius 1 is 0.771 bits per heavy atom. The molecule has 0 aliphatic heterocycles. The standard InChI is InChI=1S/C29H47NO5/c1-3-4-5-6-7-8-9-10-11-12-13-14-18-21-27(31)30-26(29(33)34-2)22-23-28(32)35-24-25-19-16-15-17-20-25/h15-17,19-20,26H,3-14,18,21-24H2,1-2H3,(H,30,31)/t26-/m0/s1. The zero-order valence-electron chi connectivity index (χ0n) is 22.0. The summed E-state index contributed by atoms with van der Waals surface area (Å²) in [6.07, 6.45) is 16.8. The van der Waals surface area contributed by atoms with Crippen molar-refractivity contribution in [1.82, 2.24) is 5.32 Å². The lowest BCUT2D eigenvalue weighted by atomic mass is 10.0. The van der Waals surface area contributed by atoms with Crippen molar-refractivity contribution in [3.63, 3.8) is 0 Å². The second kappa shape index (κ2) is 21.0. The molecule has 0 saturated heterocycles. The number of benzene rings is 1. The number of unbranched alkanes of at least 4 members (excludes halogenated alkanes) is 12. The molecule has 0 aliphatic carbocycles. The molecule has 0 aliphatic rings. The minimum atomic E-state index is -0.834. The molecule has 198 valence electrons. The van der Waals surface area contributed by atoms with Gasteiger partial charge < -0.3 is 14.8 Å². The van der Waals surface area contributed by atoms with E-state index < -0.39 is 18.0 Å². The van der Waals surface area contributed by atoms with Crippen molar-refractivity contribution in [2.75, 3.05) is 7.11 Å². The molecule has 0 radical (unpaired) electrons. The fraction of sp³-hybridized carbons (Fsp3) is 0.690. The van der Waals surface area contributed by atoms with E-state index in [0.717, 1.165) is 24.8 Å². The molecule has 0 aromatic heterocycles. The van der Waals surface area contributed by atoms with Gasteiger partial charge in [-0.05, 0) is 18.4 Å². The minimum Gasteiger partial charge on any atom is -0.467 e. The predicted molar refractivity (Wildman–Crippen MR) is 140 cm³/mol. The van der Waals surface area contributed by atoms with Crippen LogP contribution in [0.15, 0.2) is 30.3 Å². The molecule has 1 atom stereocenters. The number of carbonyl (C=O) groups excluding carboxylic acids is 3. The van der Waals surface area contributed by atoms with E-state index in [1.165, 1.54) is 71.3 Å². The molecule has 0 spiro atoms. The summed E-state index contributed by atoms with van der Waals surface area (Å²) < 4.78 is 10.0. The molecule has 0 unspecified atom stereocenters. The van der Waals surface area contributed by atoms with Crippen molar-refractivity contribution in [1.29, 1.82) is 0 Å². The van der Waals surface area contributed by atoms with Crippen LogP contribution in [0.4, 0.5) is 0 Å². The molecule has 6 heteroatoms. The SMILES string of the molecule is CCCCCCCCCCCCCCCC(=O)N[C@@H](CCC(=O)OCc1ccccc1)C(=O)OC. The normalized spacial score (nSPS) is 11.6. The van der Waals surface area contributed by atoms with Gasteiger partial charge in [-0.2, -0.15) is 0 Å². The Kier molecular flexibility index (Phi) is 18.4. The average molecular weight is 490 g/mol. The number of hydrogen-bond donors (Lipinski definition) is 1. The Hall–Kier alpha value is -2.37. The van der Waals surface area contributed by atoms with Gasteiger partial charge in [0, 0.05) is 12.8 Å². The van der Waals surface area contributed by atoms with E-state index in [-0.39, 0.29) is 25.4 Å². The van der Waals surface area contributed by atoms with Gasteiger partial charge >= 0.3 is 11.9 Å². The Balaban J connectivity index is 2.11. The first kappa shape index (κ1) is 30.7. The number of nitrogens with one attached hydrogen (secondary N) is 1. The second-order valence-electron chi connectivity index (χ2n) is 9.32. The van der Waals surface area contributed by atoms with Crippen molar-refractivity contribution in [2.24, 2.45) is 0 Å². The van der Waals surface area contributed by atoms with Gasteiger partial charge in [-0.25, -0.2) is 4.79 Å². The molecule has 6 nitrogen and oxygen atoms in total. The topological polar surface area (TPSA) is 81.7 Å². The Morgan fingerprint density at radius 2 is 1.31 bits per heavy atom. The van der Waals surface area contributed by atoms with Gasteiger partial charge in [-0.1, -0.05) is 114 Å². The number of methoxy groups -OCH3 is 1. The molecule has 1 rings (SSSR count). The first-order valence-corrected chi connectivity index (χ1v) is 13.6. The maximum absolute atomic E-state index is 12.3. The third kappa shape index (κ3) is 16.8. The summed E-state index contributed by atoms with van der Waals surface area (Å²) in [5.41, 5.74) is 0.900. The molecule has 0 fully saturated rings. The van der Waals surface area contributed by atoms with Gasteiger partial charge in [0.1, 0.15) is 12.6 Å².